The molecule has 8 heteroatoms. The van der Waals surface area contributed by atoms with Gasteiger partial charge in [0.2, 0.25) is 15.9 Å². The fourth-order valence-electron chi connectivity index (χ4n) is 3.67. The SMILES string of the molecule is CCCS(=O)(=O)Nc1ccc(NC(=O)c2cccc(NC(=O)C3CCCCC3)c2)cc1. The Morgan fingerprint density at radius 1 is 0.903 bits per heavy atom. The number of hydrogen-bond acceptors (Lipinski definition) is 4. The average molecular weight is 444 g/mol. The summed E-state index contributed by atoms with van der Waals surface area (Å²) in [5.74, 6) is -0.204. The van der Waals surface area contributed by atoms with E-state index in [1.165, 1.54) is 6.42 Å². The molecule has 0 saturated heterocycles. The molecule has 2 aromatic rings. The van der Waals surface area contributed by atoms with Crippen molar-refractivity contribution in [1.29, 1.82) is 0 Å². The zero-order valence-corrected chi connectivity index (χ0v) is 18.5. The van der Waals surface area contributed by atoms with E-state index in [2.05, 4.69) is 15.4 Å². The molecule has 0 atom stereocenters. The Balaban J connectivity index is 1.60. The van der Waals surface area contributed by atoms with Gasteiger partial charge in [0.1, 0.15) is 0 Å². The first kappa shape index (κ1) is 22.8. The molecule has 0 aliphatic heterocycles. The summed E-state index contributed by atoms with van der Waals surface area (Å²) in [5, 5.41) is 5.71. The maximum atomic E-state index is 12.6. The minimum Gasteiger partial charge on any atom is -0.326 e. The van der Waals surface area contributed by atoms with E-state index in [-0.39, 0.29) is 23.5 Å². The molecule has 1 aliphatic carbocycles. The molecule has 31 heavy (non-hydrogen) atoms. The average Bonchev–Trinajstić information content (AvgIpc) is 2.75. The van der Waals surface area contributed by atoms with Crippen LogP contribution in [0.1, 0.15) is 55.8 Å². The molecule has 1 saturated carbocycles. The van der Waals surface area contributed by atoms with Crippen LogP contribution < -0.4 is 15.4 Å². The van der Waals surface area contributed by atoms with Crippen molar-refractivity contribution in [3.63, 3.8) is 0 Å². The van der Waals surface area contributed by atoms with Gasteiger partial charge in [0, 0.05) is 28.5 Å². The van der Waals surface area contributed by atoms with Gasteiger partial charge in [0.05, 0.1) is 5.75 Å². The van der Waals surface area contributed by atoms with E-state index < -0.39 is 10.0 Å². The van der Waals surface area contributed by atoms with Crippen LogP contribution in [0.4, 0.5) is 17.1 Å². The highest BCUT2D eigenvalue weighted by Crippen LogP contribution is 2.25. The van der Waals surface area contributed by atoms with Gasteiger partial charge in [-0.15, -0.1) is 0 Å². The molecule has 0 aromatic heterocycles. The van der Waals surface area contributed by atoms with Crippen LogP contribution in [-0.4, -0.2) is 26.0 Å². The Morgan fingerprint density at radius 2 is 1.58 bits per heavy atom. The molecule has 2 aromatic carbocycles. The second-order valence-corrected chi connectivity index (χ2v) is 9.70. The Labute approximate surface area is 183 Å². The molecule has 0 bridgehead atoms. The van der Waals surface area contributed by atoms with Crippen molar-refractivity contribution in [3.8, 4) is 0 Å². The fraction of sp³-hybridized carbons (Fsp3) is 0.391. The van der Waals surface area contributed by atoms with Crippen molar-refractivity contribution in [1.82, 2.24) is 0 Å². The lowest BCUT2D eigenvalue weighted by atomic mass is 9.88. The molecule has 2 amide bonds. The maximum Gasteiger partial charge on any atom is 0.255 e. The van der Waals surface area contributed by atoms with Gasteiger partial charge in [-0.1, -0.05) is 32.3 Å². The van der Waals surface area contributed by atoms with Crippen molar-refractivity contribution < 1.29 is 18.0 Å². The largest absolute Gasteiger partial charge is 0.326 e. The first-order valence-corrected chi connectivity index (χ1v) is 12.3. The third-order valence-corrected chi connectivity index (χ3v) is 6.75. The van der Waals surface area contributed by atoms with E-state index in [9.17, 15) is 18.0 Å². The molecule has 0 spiro atoms. The van der Waals surface area contributed by atoms with E-state index in [0.29, 0.717) is 29.0 Å². The lowest BCUT2D eigenvalue weighted by Gasteiger charge is -2.20. The highest BCUT2D eigenvalue weighted by Gasteiger charge is 2.21. The second kappa shape index (κ2) is 10.4. The normalized spacial score (nSPS) is 14.6. The third-order valence-electron chi connectivity index (χ3n) is 5.26. The number of benzene rings is 2. The Morgan fingerprint density at radius 3 is 2.26 bits per heavy atom. The van der Waals surface area contributed by atoms with Gasteiger partial charge in [0.25, 0.3) is 5.91 Å². The Kier molecular flexibility index (Phi) is 7.68. The molecule has 0 heterocycles. The van der Waals surface area contributed by atoms with E-state index in [1.807, 2.05) is 0 Å². The van der Waals surface area contributed by atoms with Crippen LogP contribution in [0, 0.1) is 5.92 Å². The highest BCUT2D eigenvalue weighted by molar-refractivity contribution is 7.92. The first-order chi connectivity index (χ1) is 14.9. The van der Waals surface area contributed by atoms with Gasteiger partial charge in [-0.25, -0.2) is 8.42 Å². The minimum absolute atomic E-state index is 0.0124. The fourth-order valence-corrected chi connectivity index (χ4v) is 4.81. The van der Waals surface area contributed by atoms with Crippen molar-refractivity contribution in [3.05, 3.63) is 54.1 Å². The molecular weight excluding hydrogens is 414 g/mol. The van der Waals surface area contributed by atoms with Crippen LogP contribution in [0.5, 0.6) is 0 Å². The topological polar surface area (TPSA) is 104 Å². The molecule has 166 valence electrons. The van der Waals surface area contributed by atoms with Gasteiger partial charge >= 0.3 is 0 Å². The number of amides is 2. The lowest BCUT2D eigenvalue weighted by Crippen LogP contribution is -2.24. The number of carbonyl (C=O) groups excluding carboxylic acids is 2. The summed E-state index contributed by atoms with van der Waals surface area (Å²) in [5.41, 5.74) is 2.01. The quantitative estimate of drug-likeness (QED) is 0.554. The summed E-state index contributed by atoms with van der Waals surface area (Å²) in [6.45, 7) is 1.80. The molecule has 7 nitrogen and oxygen atoms in total. The van der Waals surface area contributed by atoms with Crippen LogP contribution in [0.25, 0.3) is 0 Å². The molecule has 0 unspecified atom stereocenters. The lowest BCUT2D eigenvalue weighted by molar-refractivity contribution is -0.120. The smallest absolute Gasteiger partial charge is 0.255 e. The van der Waals surface area contributed by atoms with E-state index in [0.717, 1.165) is 25.7 Å². The number of nitrogens with one attached hydrogen (secondary N) is 3. The monoisotopic (exact) mass is 443 g/mol. The van der Waals surface area contributed by atoms with Crippen molar-refractivity contribution in [2.45, 2.75) is 45.4 Å². The van der Waals surface area contributed by atoms with Crippen molar-refractivity contribution in [2.75, 3.05) is 21.1 Å². The van der Waals surface area contributed by atoms with E-state index in [1.54, 1.807) is 55.5 Å². The van der Waals surface area contributed by atoms with Gasteiger partial charge in [-0.2, -0.15) is 0 Å². The molecule has 3 rings (SSSR count). The Bertz CT molecular complexity index is 1010. The summed E-state index contributed by atoms with van der Waals surface area (Å²) < 4.78 is 26.2. The zero-order valence-electron chi connectivity index (χ0n) is 17.7. The molecule has 3 N–H and O–H groups in total. The number of hydrogen-bond donors (Lipinski definition) is 3. The summed E-state index contributed by atoms with van der Waals surface area (Å²) in [6.07, 6.45) is 5.71. The predicted octanol–water partition coefficient (Wildman–Crippen LogP) is 4.61. The van der Waals surface area contributed by atoms with Crippen molar-refractivity contribution in [2.24, 2.45) is 5.92 Å². The van der Waals surface area contributed by atoms with Crippen molar-refractivity contribution >= 4 is 38.9 Å². The zero-order chi connectivity index (χ0) is 22.3. The van der Waals surface area contributed by atoms with Crippen LogP contribution in [0.15, 0.2) is 48.5 Å². The maximum absolute atomic E-state index is 12.6. The van der Waals surface area contributed by atoms with E-state index >= 15 is 0 Å². The van der Waals surface area contributed by atoms with E-state index in [4.69, 9.17) is 0 Å². The van der Waals surface area contributed by atoms with Crippen LogP contribution >= 0.6 is 0 Å². The number of anilines is 3. The second-order valence-electron chi connectivity index (χ2n) is 7.86. The highest BCUT2D eigenvalue weighted by atomic mass is 32.2. The first-order valence-electron chi connectivity index (χ1n) is 10.7. The minimum atomic E-state index is -3.36. The summed E-state index contributed by atoms with van der Waals surface area (Å²) in [4.78, 5) is 25.1. The molecule has 1 fully saturated rings. The van der Waals surface area contributed by atoms with Gasteiger partial charge < -0.3 is 10.6 Å². The standard InChI is InChI=1S/C23H29N3O4S/c1-2-15-31(29,30)26-20-13-11-19(12-14-20)24-23(28)18-9-6-10-21(16-18)25-22(27)17-7-4-3-5-8-17/h6,9-14,16-17,26H,2-5,7-8,15H2,1H3,(H,24,28)(H,25,27). The van der Waals surface area contributed by atoms with Gasteiger partial charge in [-0.05, 0) is 61.7 Å². The van der Waals surface area contributed by atoms with Gasteiger partial charge in [0.15, 0.2) is 0 Å². The Hall–Kier alpha value is -2.87. The third kappa shape index (κ3) is 6.82. The van der Waals surface area contributed by atoms with Gasteiger partial charge in [-0.3, -0.25) is 14.3 Å². The van der Waals surface area contributed by atoms with Crippen LogP contribution in [0.3, 0.4) is 0 Å². The van der Waals surface area contributed by atoms with Crippen LogP contribution in [0.2, 0.25) is 0 Å². The number of rotatable bonds is 8. The van der Waals surface area contributed by atoms with Crippen LogP contribution in [-0.2, 0) is 14.8 Å². The number of sulfonamides is 1. The summed E-state index contributed by atoms with van der Waals surface area (Å²) >= 11 is 0. The summed E-state index contributed by atoms with van der Waals surface area (Å²) in [6, 6.07) is 13.3. The number of carbonyl (C=O) groups is 2. The molecular formula is C23H29N3O4S. The summed E-state index contributed by atoms with van der Waals surface area (Å²) in [7, 11) is -3.36. The molecule has 0 radical (unpaired) electrons. The predicted molar refractivity (Wildman–Crippen MR) is 124 cm³/mol. The molecule has 1 aliphatic rings.